The van der Waals surface area contributed by atoms with Crippen molar-refractivity contribution in [1.29, 1.82) is 0 Å². The summed E-state index contributed by atoms with van der Waals surface area (Å²) in [5.41, 5.74) is 0.670. The average molecular weight is 496 g/mol. The summed E-state index contributed by atoms with van der Waals surface area (Å²) >= 11 is 12.2. The number of hydrogen-bond donors (Lipinski definition) is 0. The molecule has 1 aromatic carbocycles. The molecular weight excluding hydrogens is 469 g/mol. The number of piperidine rings is 1. The van der Waals surface area contributed by atoms with Crippen LogP contribution in [0.2, 0.25) is 10.0 Å². The lowest BCUT2D eigenvalue weighted by Gasteiger charge is -2.38. The van der Waals surface area contributed by atoms with E-state index in [2.05, 4.69) is 15.0 Å². The Kier molecular flexibility index (Phi) is 7.72. The molecule has 2 aliphatic heterocycles. The maximum Gasteiger partial charge on any atom is 0.409 e. The molecule has 33 heavy (non-hydrogen) atoms. The van der Waals surface area contributed by atoms with Crippen molar-refractivity contribution in [3.8, 4) is 11.4 Å². The molecule has 0 N–H and O–H groups in total. The number of halogens is 2. The highest BCUT2D eigenvalue weighted by Crippen LogP contribution is 2.29. The first-order chi connectivity index (χ1) is 15.9. The zero-order chi connectivity index (χ0) is 23.4. The van der Waals surface area contributed by atoms with Gasteiger partial charge in [0, 0.05) is 42.7 Å². The van der Waals surface area contributed by atoms with Gasteiger partial charge in [0.25, 0.3) is 0 Å². The van der Waals surface area contributed by atoms with Gasteiger partial charge in [-0.3, -0.25) is 9.69 Å². The van der Waals surface area contributed by atoms with E-state index in [1.807, 2.05) is 4.90 Å². The summed E-state index contributed by atoms with van der Waals surface area (Å²) in [6.45, 7) is 6.36. The fourth-order valence-corrected chi connectivity index (χ4v) is 4.70. The molecule has 3 heterocycles. The minimum atomic E-state index is -0.305. The molecule has 4 rings (SSSR count). The maximum absolute atomic E-state index is 12.9. The minimum Gasteiger partial charge on any atom is -0.450 e. The highest BCUT2D eigenvalue weighted by atomic mass is 35.5. The number of nitrogens with zero attached hydrogens (tertiary/aromatic N) is 5. The lowest BCUT2D eigenvalue weighted by atomic mass is 9.95. The molecule has 2 amide bonds. The van der Waals surface area contributed by atoms with Gasteiger partial charge in [0.15, 0.2) is 0 Å². The SMILES string of the molecule is CCOC(=O)N1CCN(C(=O)C2CCN(Cc3nc(-c4ccc(Cl)cc4Cl)no3)CC2)CC1. The summed E-state index contributed by atoms with van der Waals surface area (Å²) < 4.78 is 10.5. The van der Waals surface area contributed by atoms with Crippen molar-refractivity contribution in [2.75, 3.05) is 45.9 Å². The number of benzene rings is 1. The van der Waals surface area contributed by atoms with E-state index in [1.165, 1.54) is 0 Å². The predicted octanol–water partition coefficient (Wildman–Crippen LogP) is 3.56. The highest BCUT2D eigenvalue weighted by Gasteiger charge is 2.32. The van der Waals surface area contributed by atoms with Crippen molar-refractivity contribution in [3.05, 3.63) is 34.1 Å². The number of carbonyl (C=O) groups is 2. The number of rotatable bonds is 5. The van der Waals surface area contributed by atoms with Gasteiger partial charge in [-0.25, -0.2) is 4.79 Å². The van der Waals surface area contributed by atoms with Gasteiger partial charge >= 0.3 is 6.09 Å². The van der Waals surface area contributed by atoms with E-state index < -0.39 is 0 Å². The average Bonchev–Trinajstić information content (AvgIpc) is 3.27. The number of carbonyl (C=O) groups excluding carboxylic acids is 2. The standard InChI is InChI=1S/C22H27Cl2N5O4/c1-2-32-22(31)29-11-9-28(10-12-29)21(30)15-5-7-27(8-6-15)14-19-25-20(26-33-19)17-4-3-16(23)13-18(17)24/h3-4,13,15H,2,5-12,14H2,1H3. The van der Waals surface area contributed by atoms with Crippen LogP contribution in [0.5, 0.6) is 0 Å². The molecule has 2 saturated heterocycles. The molecule has 0 unspecified atom stereocenters. The third-order valence-corrected chi connectivity index (χ3v) is 6.60. The van der Waals surface area contributed by atoms with Crippen molar-refractivity contribution in [2.45, 2.75) is 26.3 Å². The van der Waals surface area contributed by atoms with Crippen LogP contribution in [-0.2, 0) is 16.1 Å². The Hall–Kier alpha value is -2.36. The molecule has 0 aliphatic carbocycles. The summed E-state index contributed by atoms with van der Waals surface area (Å²) in [6, 6.07) is 5.15. The lowest BCUT2D eigenvalue weighted by Crippen LogP contribution is -2.53. The number of ether oxygens (including phenoxy) is 1. The van der Waals surface area contributed by atoms with Crippen LogP contribution in [0.25, 0.3) is 11.4 Å². The smallest absolute Gasteiger partial charge is 0.409 e. The van der Waals surface area contributed by atoms with Crippen LogP contribution in [0.4, 0.5) is 4.79 Å². The summed E-state index contributed by atoms with van der Waals surface area (Å²) in [7, 11) is 0. The first-order valence-corrected chi connectivity index (χ1v) is 11.9. The summed E-state index contributed by atoms with van der Waals surface area (Å²) in [5.74, 6) is 1.12. The Labute approximate surface area is 202 Å². The Morgan fingerprint density at radius 1 is 1.09 bits per heavy atom. The van der Waals surface area contributed by atoms with Gasteiger partial charge in [0.05, 0.1) is 18.2 Å². The van der Waals surface area contributed by atoms with Gasteiger partial charge in [-0.15, -0.1) is 0 Å². The van der Waals surface area contributed by atoms with Gasteiger partial charge in [0.2, 0.25) is 17.6 Å². The number of likely N-dealkylation sites (tertiary alicyclic amines) is 1. The molecule has 1 aromatic heterocycles. The molecule has 9 nitrogen and oxygen atoms in total. The molecule has 0 atom stereocenters. The number of piperazine rings is 1. The Morgan fingerprint density at radius 2 is 1.79 bits per heavy atom. The van der Waals surface area contributed by atoms with E-state index in [0.717, 1.165) is 25.9 Å². The largest absolute Gasteiger partial charge is 0.450 e. The molecule has 0 spiro atoms. The first kappa shape index (κ1) is 23.8. The zero-order valence-electron chi connectivity index (χ0n) is 18.5. The molecule has 178 valence electrons. The maximum atomic E-state index is 12.9. The van der Waals surface area contributed by atoms with Gasteiger partial charge in [-0.05, 0) is 51.1 Å². The van der Waals surface area contributed by atoms with Gasteiger partial charge < -0.3 is 19.1 Å². The topological polar surface area (TPSA) is 92.0 Å². The van der Waals surface area contributed by atoms with Crippen LogP contribution < -0.4 is 0 Å². The second kappa shape index (κ2) is 10.7. The lowest BCUT2D eigenvalue weighted by molar-refractivity contribution is -0.138. The number of hydrogen-bond acceptors (Lipinski definition) is 7. The van der Waals surface area contributed by atoms with Crippen LogP contribution in [0, 0.1) is 5.92 Å². The van der Waals surface area contributed by atoms with Crippen molar-refractivity contribution >= 4 is 35.2 Å². The van der Waals surface area contributed by atoms with Crippen LogP contribution in [-0.4, -0.2) is 82.7 Å². The number of aromatic nitrogens is 2. The van der Waals surface area contributed by atoms with E-state index in [-0.39, 0.29) is 17.9 Å². The normalized spacial score (nSPS) is 17.9. The Morgan fingerprint density at radius 3 is 2.45 bits per heavy atom. The second-order valence-corrected chi connectivity index (χ2v) is 9.04. The summed E-state index contributed by atoms with van der Waals surface area (Å²) in [6.07, 6.45) is 1.25. The van der Waals surface area contributed by atoms with Gasteiger partial charge in [-0.1, -0.05) is 28.4 Å². The molecule has 2 aliphatic rings. The van der Waals surface area contributed by atoms with Crippen molar-refractivity contribution in [2.24, 2.45) is 5.92 Å². The van der Waals surface area contributed by atoms with Crippen molar-refractivity contribution in [1.82, 2.24) is 24.8 Å². The van der Waals surface area contributed by atoms with E-state index >= 15 is 0 Å². The third kappa shape index (κ3) is 5.77. The predicted molar refractivity (Wildman–Crippen MR) is 123 cm³/mol. The fraction of sp³-hybridized carbons (Fsp3) is 0.545. The Bertz CT molecular complexity index is 985. The Balaban J connectivity index is 1.25. The molecular formula is C22H27Cl2N5O4. The zero-order valence-corrected chi connectivity index (χ0v) is 20.0. The molecule has 0 radical (unpaired) electrons. The third-order valence-electron chi connectivity index (χ3n) is 6.05. The van der Waals surface area contributed by atoms with E-state index in [1.54, 1.807) is 30.0 Å². The summed E-state index contributed by atoms with van der Waals surface area (Å²) in [4.78, 5) is 35.0. The monoisotopic (exact) mass is 495 g/mol. The highest BCUT2D eigenvalue weighted by molar-refractivity contribution is 6.36. The fourth-order valence-electron chi connectivity index (χ4n) is 4.21. The molecule has 2 aromatic rings. The van der Waals surface area contributed by atoms with E-state index in [4.69, 9.17) is 32.5 Å². The number of amides is 2. The van der Waals surface area contributed by atoms with Crippen molar-refractivity contribution < 1.29 is 18.8 Å². The molecule has 11 heteroatoms. The van der Waals surface area contributed by atoms with Gasteiger partial charge in [-0.2, -0.15) is 4.98 Å². The van der Waals surface area contributed by atoms with E-state index in [9.17, 15) is 9.59 Å². The van der Waals surface area contributed by atoms with Crippen LogP contribution in [0.15, 0.2) is 22.7 Å². The minimum absolute atomic E-state index is 0.00140. The second-order valence-electron chi connectivity index (χ2n) is 8.20. The van der Waals surface area contributed by atoms with E-state index in [0.29, 0.717) is 66.7 Å². The molecule has 0 bridgehead atoms. The van der Waals surface area contributed by atoms with Gasteiger partial charge in [0.1, 0.15) is 0 Å². The molecule has 0 saturated carbocycles. The van der Waals surface area contributed by atoms with Crippen LogP contribution >= 0.6 is 23.2 Å². The quantitative estimate of drug-likeness (QED) is 0.625. The molecule has 2 fully saturated rings. The van der Waals surface area contributed by atoms with Crippen LogP contribution in [0.1, 0.15) is 25.7 Å². The van der Waals surface area contributed by atoms with Crippen molar-refractivity contribution in [3.63, 3.8) is 0 Å². The first-order valence-electron chi connectivity index (χ1n) is 11.2. The summed E-state index contributed by atoms with van der Waals surface area (Å²) in [5, 5.41) is 5.06. The van der Waals surface area contributed by atoms with Crippen LogP contribution in [0.3, 0.4) is 0 Å².